The first kappa shape index (κ1) is 53.1. The zero-order valence-electron chi connectivity index (χ0n) is 41.1. The van der Waals surface area contributed by atoms with Crippen LogP contribution < -0.4 is 0 Å². The number of carbonyl (C=O) groups is 1. The second-order valence-electron chi connectivity index (χ2n) is 21.2. The highest BCUT2D eigenvalue weighted by molar-refractivity contribution is 6.78. The van der Waals surface area contributed by atoms with Crippen LogP contribution in [0.1, 0.15) is 182 Å². The molecule has 4 unspecified atom stereocenters. The molecule has 1 aromatic carbocycles. The van der Waals surface area contributed by atoms with Gasteiger partial charge in [0.05, 0.1) is 12.2 Å². The van der Waals surface area contributed by atoms with Crippen LogP contribution in [-0.2, 0) is 24.5 Å². The van der Waals surface area contributed by atoms with E-state index >= 15 is 0 Å². The van der Waals surface area contributed by atoms with Gasteiger partial charge in [-0.15, -0.1) is 0 Å². The zero-order valence-corrected chi connectivity index (χ0v) is 44.1. The number of unbranched alkanes of at least 4 members (excludes halogenated alkanes) is 1. The Kier molecular flexibility index (Phi) is 22.0. The Morgan fingerprint density at radius 2 is 1.05 bits per heavy atom. The molecule has 1 saturated carbocycles. The van der Waals surface area contributed by atoms with Gasteiger partial charge in [0, 0.05) is 12.5 Å². The number of allylic oxidation sites excluding steroid dienone is 2. The quantitative estimate of drug-likeness (QED) is 0.0542. The van der Waals surface area contributed by atoms with Gasteiger partial charge in [-0.25, -0.2) is 0 Å². The summed E-state index contributed by atoms with van der Waals surface area (Å²) in [4.78, 5) is 11.3. The van der Waals surface area contributed by atoms with Crippen molar-refractivity contribution >= 4 is 30.9 Å². The number of carboxylic acids is 1. The largest absolute Gasteiger partial charge is 0.481 e. The molecule has 336 valence electrons. The fourth-order valence-electron chi connectivity index (χ4n) is 12.5. The van der Waals surface area contributed by atoms with Gasteiger partial charge in [0.25, 0.3) is 0 Å². The maximum absolute atomic E-state index is 11.3. The van der Waals surface area contributed by atoms with Crippen molar-refractivity contribution in [3.05, 3.63) is 48.0 Å². The molecular formula is C50H94O5Si3. The van der Waals surface area contributed by atoms with Crippen molar-refractivity contribution in [1.82, 2.24) is 0 Å². The third kappa shape index (κ3) is 13.0. The summed E-state index contributed by atoms with van der Waals surface area (Å²) in [6, 6.07) is 11.0. The molecule has 2 rings (SSSR count). The first-order chi connectivity index (χ1) is 27.0. The van der Waals surface area contributed by atoms with Crippen LogP contribution in [-0.4, -0.2) is 54.3 Å². The third-order valence-electron chi connectivity index (χ3n) is 14.9. The number of aryl methyl sites for hydroxylation is 1. The zero-order chi connectivity index (χ0) is 44.2. The van der Waals surface area contributed by atoms with Crippen molar-refractivity contribution in [3.63, 3.8) is 0 Å². The fraction of sp³-hybridized carbons (Fsp3) is 0.820. The van der Waals surface area contributed by atoms with Crippen molar-refractivity contribution in [3.8, 4) is 0 Å². The van der Waals surface area contributed by atoms with Crippen LogP contribution in [0.3, 0.4) is 0 Å². The molecule has 1 aromatic rings. The van der Waals surface area contributed by atoms with E-state index in [9.17, 15) is 9.90 Å². The van der Waals surface area contributed by atoms with E-state index in [1.165, 1.54) is 5.56 Å². The summed E-state index contributed by atoms with van der Waals surface area (Å²) in [5.41, 5.74) is 6.02. The fourth-order valence-corrected chi connectivity index (χ4v) is 29.4. The number of hydrogen-bond acceptors (Lipinski definition) is 4. The first-order valence-corrected chi connectivity index (χ1v) is 30.4. The van der Waals surface area contributed by atoms with E-state index in [0.29, 0.717) is 68.1 Å². The Morgan fingerprint density at radius 3 is 1.47 bits per heavy atom. The van der Waals surface area contributed by atoms with Crippen molar-refractivity contribution in [2.45, 2.75) is 251 Å². The van der Waals surface area contributed by atoms with Gasteiger partial charge < -0.3 is 18.4 Å². The second kappa shape index (κ2) is 24.0. The number of aliphatic carboxylic acids is 1. The van der Waals surface area contributed by atoms with E-state index in [-0.39, 0.29) is 24.7 Å². The van der Waals surface area contributed by atoms with Crippen molar-refractivity contribution in [2.75, 3.05) is 0 Å². The molecule has 5 atom stereocenters. The predicted molar refractivity (Wildman–Crippen MR) is 259 cm³/mol. The van der Waals surface area contributed by atoms with E-state index in [1.807, 2.05) is 0 Å². The maximum Gasteiger partial charge on any atom is 0.303 e. The standard InChI is InChI=1S/C50H94O5Si3/c1-35(2)56(36(3)4,37(5)6)53-45(31-30-44-26-22-21-23-27-44)32-33-47-46(28-24-19-20-25-29-50(51)52)48(54-57(38(7)8,39(9)10)40(11)12)34-49(47)55-58(41(13)14,42(15)16)43(17)18/h19,21-24,26-27,35-43,45-49H,20,25,28-34H2,1-18H3,(H,51,52)/b24-19-/t45-,46?,47?,48?,49?/m0/s1. The van der Waals surface area contributed by atoms with Gasteiger partial charge in [-0.05, 0) is 119 Å². The highest BCUT2D eigenvalue weighted by Gasteiger charge is 2.55. The minimum atomic E-state index is -2.22. The Bertz CT molecular complexity index is 1270. The summed E-state index contributed by atoms with van der Waals surface area (Å²) in [5, 5.41) is 9.31. The molecule has 0 aliphatic heterocycles. The van der Waals surface area contributed by atoms with Gasteiger partial charge in [0.2, 0.25) is 25.0 Å². The average Bonchev–Trinajstić information content (AvgIpc) is 3.43. The molecule has 0 heterocycles. The van der Waals surface area contributed by atoms with E-state index in [2.05, 4.69) is 167 Å². The number of rotatable bonds is 27. The topological polar surface area (TPSA) is 65.0 Å². The van der Waals surface area contributed by atoms with Crippen LogP contribution >= 0.6 is 0 Å². The van der Waals surface area contributed by atoms with E-state index in [4.69, 9.17) is 13.3 Å². The molecule has 1 N–H and O–H groups in total. The van der Waals surface area contributed by atoms with Gasteiger partial charge in [-0.2, -0.15) is 0 Å². The summed E-state index contributed by atoms with van der Waals surface area (Å²) in [5.74, 6) is -0.0307. The van der Waals surface area contributed by atoms with E-state index < -0.39 is 30.9 Å². The van der Waals surface area contributed by atoms with E-state index in [1.54, 1.807) is 0 Å². The highest BCUT2D eigenvalue weighted by atomic mass is 28.4. The molecule has 0 spiro atoms. The van der Waals surface area contributed by atoms with Crippen LogP contribution in [0.5, 0.6) is 0 Å². The highest BCUT2D eigenvalue weighted by Crippen LogP contribution is 2.53. The van der Waals surface area contributed by atoms with Crippen LogP contribution in [0, 0.1) is 11.8 Å². The molecule has 5 nitrogen and oxygen atoms in total. The summed E-state index contributed by atoms with van der Waals surface area (Å²) < 4.78 is 23.6. The molecule has 0 saturated heterocycles. The molecule has 1 aliphatic carbocycles. The Hall–Kier alpha value is -1.04. The minimum absolute atomic E-state index is 0.134. The lowest BCUT2D eigenvalue weighted by molar-refractivity contribution is -0.137. The molecule has 8 heteroatoms. The van der Waals surface area contributed by atoms with Crippen molar-refractivity contribution in [1.29, 1.82) is 0 Å². The Balaban J connectivity index is 2.79. The molecule has 1 fully saturated rings. The number of carboxylic acid groups (broad SMARTS) is 1. The lowest BCUT2D eigenvalue weighted by atomic mass is 9.85. The Morgan fingerprint density at radius 1 is 0.621 bits per heavy atom. The maximum atomic E-state index is 11.3. The SMILES string of the molecule is CC(C)[Si](OC1CC(O[Si](C(C)C)(C(C)C)C(C)C)C(CC[C@H](CCc2ccccc2)O[Si](C(C)C)(C(C)C)C(C)C)C1C/C=C\CCCC(=O)O)(C(C)C)C(C)C. The molecular weight excluding hydrogens is 765 g/mol. The average molecular weight is 860 g/mol. The molecule has 0 radical (unpaired) electrons. The van der Waals surface area contributed by atoms with Gasteiger partial charge in [0.1, 0.15) is 0 Å². The lowest BCUT2D eigenvalue weighted by Gasteiger charge is -2.46. The summed E-state index contributed by atoms with van der Waals surface area (Å²) >= 11 is 0. The first-order valence-electron chi connectivity index (χ1n) is 24.0. The van der Waals surface area contributed by atoms with E-state index in [0.717, 1.165) is 44.9 Å². The molecule has 0 amide bonds. The van der Waals surface area contributed by atoms with Crippen LogP contribution in [0.4, 0.5) is 0 Å². The second-order valence-corrected chi connectivity index (χ2v) is 37.4. The van der Waals surface area contributed by atoms with Crippen molar-refractivity contribution in [2.24, 2.45) is 11.8 Å². The molecule has 58 heavy (non-hydrogen) atoms. The molecule has 1 aliphatic rings. The van der Waals surface area contributed by atoms with Crippen LogP contribution in [0.25, 0.3) is 0 Å². The summed E-state index contributed by atoms with van der Waals surface area (Å²) in [7, 11) is -6.57. The third-order valence-corrected chi connectivity index (χ3v) is 33.3. The number of benzene rings is 1. The van der Waals surface area contributed by atoms with Crippen LogP contribution in [0.15, 0.2) is 42.5 Å². The summed E-state index contributed by atoms with van der Waals surface area (Å²) in [6.07, 6.45) is 12.8. The summed E-state index contributed by atoms with van der Waals surface area (Å²) in [6.45, 7) is 43.6. The molecule has 0 bridgehead atoms. The number of hydrogen-bond donors (Lipinski definition) is 1. The Labute approximate surface area is 363 Å². The van der Waals surface area contributed by atoms with Crippen molar-refractivity contribution < 1.29 is 23.2 Å². The predicted octanol–water partition coefficient (Wildman–Crippen LogP) is 15.9. The molecule has 0 aromatic heterocycles. The smallest absolute Gasteiger partial charge is 0.303 e. The minimum Gasteiger partial charge on any atom is -0.481 e. The van der Waals surface area contributed by atoms with Crippen LogP contribution in [0.2, 0.25) is 49.9 Å². The van der Waals surface area contributed by atoms with Gasteiger partial charge in [0.15, 0.2) is 0 Å². The normalized spacial score (nSPS) is 20.6. The monoisotopic (exact) mass is 859 g/mol. The van der Waals surface area contributed by atoms with Gasteiger partial charge in [-0.3, -0.25) is 4.79 Å². The van der Waals surface area contributed by atoms with Gasteiger partial charge in [-0.1, -0.05) is 167 Å². The lowest BCUT2D eigenvalue weighted by Crippen LogP contribution is -2.51. The van der Waals surface area contributed by atoms with Gasteiger partial charge >= 0.3 is 5.97 Å².